The number of aromatic nitrogens is 1. The molecule has 3 N–H and O–H groups in total. The van der Waals surface area contributed by atoms with E-state index in [-0.39, 0.29) is 12.5 Å². The number of amides is 1. The van der Waals surface area contributed by atoms with Gasteiger partial charge in [0.25, 0.3) is 5.91 Å². The second-order valence-corrected chi connectivity index (χ2v) is 7.29. The van der Waals surface area contributed by atoms with Crippen molar-refractivity contribution in [3.8, 4) is 0 Å². The number of hydrogen-bond donors (Lipinski definition) is 3. The first-order valence-electron chi connectivity index (χ1n) is 7.94. The quantitative estimate of drug-likeness (QED) is 0.789. The van der Waals surface area contributed by atoms with Gasteiger partial charge < -0.3 is 15.4 Å². The summed E-state index contributed by atoms with van der Waals surface area (Å²) in [7, 11) is 0. The van der Waals surface area contributed by atoms with E-state index in [0.717, 1.165) is 36.5 Å². The smallest absolute Gasteiger partial charge is 0.268 e. The lowest BCUT2D eigenvalue weighted by Gasteiger charge is -2.36. The van der Waals surface area contributed by atoms with E-state index in [1.54, 1.807) is 0 Å². The monoisotopic (exact) mass is 330 g/mol. The van der Waals surface area contributed by atoms with Crippen LogP contribution in [-0.4, -0.2) is 39.6 Å². The van der Waals surface area contributed by atoms with Gasteiger partial charge in [-0.3, -0.25) is 4.79 Å². The predicted molar refractivity (Wildman–Crippen MR) is 93.9 cm³/mol. The van der Waals surface area contributed by atoms with Crippen LogP contribution in [0.15, 0.2) is 42.5 Å². The molecule has 1 aliphatic rings. The Morgan fingerprint density at radius 1 is 1.17 bits per heavy atom. The van der Waals surface area contributed by atoms with E-state index >= 15 is 0 Å². The van der Waals surface area contributed by atoms with Gasteiger partial charge >= 0.3 is 0 Å². The molecule has 4 nitrogen and oxygen atoms in total. The molecule has 0 bridgehead atoms. The van der Waals surface area contributed by atoms with Gasteiger partial charge in [-0.25, -0.2) is 0 Å². The molecule has 23 heavy (non-hydrogen) atoms. The number of aromatic amines is 1. The van der Waals surface area contributed by atoms with Gasteiger partial charge in [0.1, 0.15) is 5.69 Å². The molecule has 3 rings (SSSR count). The van der Waals surface area contributed by atoms with Crippen LogP contribution >= 0.6 is 11.8 Å². The summed E-state index contributed by atoms with van der Waals surface area (Å²) in [5.41, 5.74) is 2.31. The molecule has 2 heterocycles. The molecule has 1 aromatic carbocycles. The van der Waals surface area contributed by atoms with Gasteiger partial charge in [0.2, 0.25) is 0 Å². The minimum Gasteiger partial charge on any atom is -0.394 e. The average molecular weight is 330 g/mol. The molecule has 0 atom stereocenters. The maximum absolute atomic E-state index is 12.5. The molecule has 0 unspecified atom stereocenters. The van der Waals surface area contributed by atoms with Crippen LogP contribution in [0.4, 0.5) is 0 Å². The van der Waals surface area contributed by atoms with Gasteiger partial charge in [0.05, 0.1) is 12.1 Å². The number of carbonyl (C=O) groups is 1. The van der Waals surface area contributed by atoms with Crippen molar-refractivity contribution >= 4 is 17.7 Å². The molecule has 0 saturated carbocycles. The fourth-order valence-electron chi connectivity index (χ4n) is 2.88. The highest BCUT2D eigenvalue weighted by molar-refractivity contribution is 7.99. The van der Waals surface area contributed by atoms with Crippen molar-refractivity contribution in [3.63, 3.8) is 0 Å². The molecular weight excluding hydrogens is 308 g/mol. The van der Waals surface area contributed by atoms with Crippen LogP contribution in [0.1, 0.15) is 34.6 Å². The normalized spacial score (nSPS) is 16.9. The first-order valence-corrected chi connectivity index (χ1v) is 9.09. The standard InChI is InChI=1S/C18H22N2O2S/c21-13-18(8-10-23-11-9-18)20-17(22)16-7-6-15(19-16)12-14-4-2-1-3-5-14/h1-7,19,21H,8-13H2,(H,20,22). The number of aliphatic hydroxyl groups is 1. The van der Waals surface area contributed by atoms with Crippen molar-refractivity contribution in [1.82, 2.24) is 10.3 Å². The van der Waals surface area contributed by atoms with Crippen molar-refractivity contribution in [2.45, 2.75) is 24.8 Å². The lowest BCUT2D eigenvalue weighted by molar-refractivity contribution is 0.0813. The molecular formula is C18H22N2O2S. The minimum absolute atomic E-state index is 0.00309. The van der Waals surface area contributed by atoms with Crippen molar-refractivity contribution in [1.29, 1.82) is 0 Å². The third-order valence-corrected chi connectivity index (χ3v) is 5.35. The SMILES string of the molecule is O=C(NC1(CO)CCSCC1)c1ccc(Cc2ccccc2)[nH]1. The molecule has 1 amide bonds. The molecule has 122 valence electrons. The van der Waals surface area contributed by atoms with Gasteiger partial charge in [-0.15, -0.1) is 0 Å². The molecule has 2 aromatic rings. The second-order valence-electron chi connectivity index (χ2n) is 6.06. The zero-order chi connectivity index (χ0) is 16.1. The maximum Gasteiger partial charge on any atom is 0.268 e. The molecule has 0 radical (unpaired) electrons. The first-order chi connectivity index (χ1) is 11.2. The number of H-pyrrole nitrogens is 1. The molecule has 5 heteroatoms. The average Bonchev–Trinajstić information content (AvgIpc) is 3.05. The van der Waals surface area contributed by atoms with Crippen molar-refractivity contribution in [3.05, 3.63) is 59.4 Å². The number of carbonyl (C=O) groups excluding carboxylic acids is 1. The number of rotatable bonds is 5. The van der Waals surface area contributed by atoms with Crippen LogP contribution < -0.4 is 5.32 Å². The highest BCUT2D eigenvalue weighted by Gasteiger charge is 2.33. The van der Waals surface area contributed by atoms with Gasteiger partial charge in [-0.2, -0.15) is 11.8 Å². The van der Waals surface area contributed by atoms with Crippen LogP contribution in [0.5, 0.6) is 0 Å². The first kappa shape index (κ1) is 16.1. The summed E-state index contributed by atoms with van der Waals surface area (Å²) >= 11 is 1.87. The molecule has 0 spiro atoms. The van der Waals surface area contributed by atoms with Gasteiger partial charge in [0.15, 0.2) is 0 Å². The Bertz CT molecular complexity index is 648. The molecule has 1 saturated heterocycles. The predicted octanol–water partition coefficient (Wildman–Crippen LogP) is 2.59. The Morgan fingerprint density at radius 3 is 2.61 bits per heavy atom. The second kappa shape index (κ2) is 7.23. The third-order valence-electron chi connectivity index (χ3n) is 4.36. The van der Waals surface area contributed by atoms with Crippen LogP contribution in [-0.2, 0) is 6.42 Å². The lowest BCUT2D eigenvalue weighted by atomic mass is 9.93. The van der Waals surface area contributed by atoms with Crippen molar-refractivity contribution < 1.29 is 9.90 Å². The third kappa shape index (κ3) is 3.98. The van der Waals surface area contributed by atoms with Crippen LogP contribution in [0.2, 0.25) is 0 Å². The molecule has 1 aliphatic heterocycles. The summed E-state index contributed by atoms with van der Waals surface area (Å²) in [6.07, 6.45) is 2.41. The largest absolute Gasteiger partial charge is 0.394 e. The number of hydrogen-bond acceptors (Lipinski definition) is 3. The Morgan fingerprint density at radius 2 is 1.91 bits per heavy atom. The Kier molecular flexibility index (Phi) is 5.08. The molecule has 1 aromatic heterocycles. The fraction of sp³-hybridized carbons (Fsp3) is 0.389. The van der Waals surface area contributed by atoms with Crippen LogP contribution in [0, 0.1) is 0 Å². The molecule has 1 fully saturated rings. The minimum atomic E-state index is -0.465. The van der Waals surface area contributed by atoms with E-state index in [1.807, 2.05) is 42.1 Å². The summed E-state index contributed by atoms with van der Waals surface area (Å²) in [5, 5.41) is 12.7. The fourth-order valence-corrected chi connectivity index (χ4v) is 4.16. The highest BCUT2D eigenvalue weighted by atomic mass is 32.2. The summed E-state index contributed by atoms with van der Waals surface area (Å²) in [5.74, 6) is 1.82. The summed E-state index contributed by atoms with van der Waals surface area (Å²) in [6, 6.07) is 13.9. The van der Waals surface area contributed by atoms with Crippen molar-refractivity contribution in [2.24, 2.45) is 0 Å². The van der Waals surface area contributed by atoms with Crippen LogP contribution in [0.3, 0.4) is 0 Å². The maximum atomic E-state index is 12.5. The molecule has 0 aliphatic carbocycles. The van der Waals surface area contributed by atoms with Crippen molar-refractivity contribution in [2.75, 3.05) is 18.1 Å². The number of benzene rings is 1. The Labute approximate surface area is 140 Å². The van der Waals surface area contributed by atoms with E-state index in [4.69, 9.17) is 0 Å². The summed E-state index contributed by atoms with van der Waals surface area (Å²) < 4.78 is 0. The van der Waals surface area contributed by atoms with E-state index in [1.165, 1.54) is 5.56 Å². The number of thioether (sulfide) groups is 1. The van der Waals surface area contributed by atoms with Crippen LogP contribution in [0.25, 0.3) is 0 Å². The van der Waals surface area contributed by atoms with Gasteiger partial charge in [-0.1, -0.05) is 30.3 Å². The van der Waals surface area contributed by atoms with Gasteiger partial charge in [0, 0.05) is 12.1 Å². The Balaban J connectivity index is 1.66. The number of aliphatic hydroxyl groups excluding tert-OH is 1. The van der Waals surface area contributed by atoms with E-state index < -0.39 is 5.54 Å². The lowest BCUT2D eigenvalue weighted by Crippen LogP contribution is -2.53. The topological polar surface area (TPSA) is 65.1 Å². The van der Waals surface area contributed by atoms with Gasteiger partial charge in [-0.05, 0) is 42.0 Å². The zero-order valence-corrected chi connectivity index (χ0v) is 13.9. The van der Waals surface area contributed by atoms with E-state index in [0.29, 0.717) is 5.69 Å². The summed E-state index contributed by atoms with van der Waals surface area (Å²) in [4.78, 5) is 15.7. The highest BCUT2D eigenvalue weighted by Crippen LogP contribution is 2.27. The Hall–Kier alpha value is -1.72. The van der Waals surface area contributed by atoms with E-state index in [2.05, 4.69) is 22.4 Å². The van der Waals surface area contributed by atoms with E-state index in [9.17, 15) is 9.90 Å². The summed E-state index contributed by atoms with van der Waals surface area (Å²) in [6.45, 7) is -0.00309. The number of nitrogens with one attached hydrogen (secondary N) is 2. The zero-order valence-electron chi connectivity index (χ0n) is 13.0.